The van der Waals surface area contributed by atoms with Gasteiger partial charge in [-0.2, -0.15) is 0 Å². The van der Waals surface area contributed by atoms with Crippen LogP contribution in [0.2, 0.25) is 0 Å². The lowest BCUT2D eigenvalue weighted by atomic mass is 10.2. The topological polar surface area (TPSA) is 37.8 Å². The van der Waals surface area contributed by atoms with Crippen molar-refractivity contribution < 1.29 is 4.39 Å². The number of hydrogen-bond donors (Lipinski definition) is 1. The van der Waals surface area contributed by atoms with Crippen molar-refractivity contribution in [2.45, 2.75) is 6.92 Å². The molecule has 3 nitrogen and oxygen atoms in total. The zero-order valence-electron chi connectivity index (χ0n) is 10.8. The molecule has 0 aliphatic carbocycles. The van der Waals surface area contributed by atoms with Crippen LogP contribution in [0.1, 0.15) is 5.56 Å². The maximum Gasteiger partial charge on any atom is 0.188 e. The van der Waals surface area contributed by atoms with Crippen LogP contribution in [0.4, 0.5) is 15.3 Å². The van der Waals surface area contributed by atoms with Crippen LogP contribution in [0.5, 0.6) is 0 Å². The number of nitrogens with zero attached hydrogens (tertiary/aromatic N) is 2. The molecule has 2 aromatic heterocycles. The lowest BCUT2D eigenvalue weighted by molar-refractivity contribution is 0.628. The van der Waals surface area contributed by atoms with Gasteiger partial charge in [0.25, 0.3) is 0 Å². The SMILES string of the molecule is Cc1ccc(Nc2nc(-c3ccc(F)cc3)cs2)nc1. The van der Waals surface area contributed by atoms with E-state index in [1.54, 1.807) is 18.3 Å². The molecule has 0 saturated carbocycles. The molecule has 5 heteroatoms. The first-order valence-electron chi connectivity index (χ1n) is 6.12. The third-order valence-electron chi connectivity index (χ3n) is 2.79. The fourth-order valence-electron chi connectivity index (χ4n) is 1.74. The summed E-state index contributed by atoms with van der Waals surface area (Å²) in [6.07, 6.45) is 1.80. The Hall–Kier alpha value is -2.27. The average Bonchev–Trinajstić information content (AvgIpc) is 2.91. The minimum atomic E-state index is -0.244. The monoisotopic (exact) mass is 285 g/mol. The highest BCUT2D eigenvalue weighted by atomic mass is 32.1. The van der Waals surface area contributed by atoms with Crippen molar-refractivity contribution >= 4 is 22.3 Å². The van der Waals surface area contributed by atoms with E-state index < -0.39 is 0 Å². The van der Waals surface area contributed by atoms with Crippen LogP contribution in [-0.4, -0.2) is 9.97 Å². The Morgan fingerprint density at radius 3 is 2.60 bits per heavy atom. The molecule has 20 heavy (non-hydrogen) atoms. The van der Waals surface area contributed by atoms with Gasteiger partial charge in [-0.3, -0.25) is 0 Å². The number of rotatable bonds is 3. The lowest BCUT2D eigenvalue weighted by Crippen LogP contribution is -1.92. The molecule has 0 unspecified atom stereocenters. The third-order valence-corrected chi connectivity index (χ3v) is 3.55. The number of aromatic nitrogens is 2. The molecule has 2 heterocycles. The lowest BCUT2D eigenvalue weighted by Gasteiger charge is -2.01. The Bertz CT molecular complexity index is 705. The standard InChI is InChI=1S/C15H12FN3S/c1-10-2-7-14(17-8-10)19-15-18-13(9-20-15)11-3-5-12(16)6-4-11/h2-9H,1H3,(H,17,18,19). The minimum absolute atomic E-state index is 0.244. The van der Waals surface area contributed by atoms with Gasteiger partial charge in [0.05, 0.1) is 5.69 Å². The fraction of sp³-hybridized carbons (Fsp3) is 0.0667. The second kappa shape index (κ2) is 5.38. The molecule has 0 radical (unpaired) electrons. The molecule has 0 saturated heterocycles. The first-order chi connectivity index (χ1) is 9.70. The molecule has 100 valence electrons. The van der Waals surface area contributed by atoms with Crippen molar-refractivity contribution in [2.75, 3.05) is 5.32 Å². The molecule has 3 aromatic rings. The molecule has 0 bridgehead atoms. The predicted molar refractivity (Wildman–Crippen MR) is 79.8 cm³/mol. The molecule has 1 N–H and O–H groups in total. The number of anilines is 2. The first-order valence-corrected chi connectivity index (χ1v) is 7.00. The summed E-state index contributed by atoms with van der Waals surface area (Å²) in [6.45, 7) is 1.99. The molecule has 0 aliphatic heterocycles. The Morgan fingerprint density at radius 2 is 1.90 bits per heavy atom. The van der Waals surface area contributed by atoms with Gasteiger partial charge in [0, 0.05) is 17.1 Å². The summed E-state index contributed by atoms with van der Waals surface area (Å²) in [7, 11) is 0. The van der Waals surface area contributed by atoms with Crippen LogP contribution < -0.4 is 5.32 Å². The number of hydrogen-bond acceptors (Lipinski definition) is 4. The van der Waals surface area contributed by atoms with Crippen molar-refractivity contribution in [3.8, 4) is 11.3 Å². The largest absolute Gasteiger partial charge is 0.316 e. The summed E-state index contributed by atoms with van der Waals surface area (Å²) in [5.74, 6) is 0.516. The van der Waals surface area contributed by atoms with Crippen LogP contribution in [0.25, 0.3) is 11.3 Å². The Balaban J connectivity index is 1.80. The average molecular weight is 285 g/mol. The van der Waals surface area contributed by atoms with E-state index in [2.05, 4.69) is 15.3 Å². The highest BCUT2D eigenvalue weighted by molar-refractivity contribution is 7.14. The molecule has 3 rings (SSSR count). The van der Waals surface area contributed by atoms with Gasteiger partial charge in [0.1, 0.15) is 11.6 Å². The highest BCUT2D eigenvalue weighted by Crippen LogP contribution is 2.26. The zero-order valence-corrected chi connectivity index (χ0v) is 11.6. The molecule has 0 spiro atoms. The fourth-order valence-corrected chi connectivity index (χ4v) is 2.46. The normalized spacial score (nSPS) is 10.5. The summed E-state index contributed by atoms with van der Waals surface area (Å²) in [5.41, 5.74) is 2.83. The van der Waals surface area contributed by atoms with E-state index in [-0.39, 0.29) is 5.82 Å². The van der Waals surface area contributed by atoms with E-state index >= 15 is 0 Å². The quantitative estimate of drug-likeness (QED) is 0.775. The van der Waals surface area contributed by atoms with E-state index in [4.69, 9.17) is 0 Å². The van der Waals surface area contributed by atoms with Crippen molar-refractivity contribution in [1.82, 2.24) is 9.97 Å². The molecule has 0 fully saturated rings. The summed E-state index contributed by atoms with van der Waals surface area (Å²) < 4.78 is 12.9. The van der Waals surface area contributed by atoms with Gasteiger partial charge in [-0.15, -0.1) is 11.3 Å². The van der Waals surface area contributed by atoms with Crippen LogP contribution >= 0.6 is 11.3 Å². The van der Waals surface area contributed by atoms with E-state index in [9.17, 15) is 4.39 Å². The molecule has 0 amide bonds. The number of halogens is 1. The Labute approximate surface area is 120 Å². The van der Waals surface area contributed by atoms with Crippen LogP contribution in [0, 0.1) is 12.7 Å². The van der Waals surface area contributed by atoms with Gasteiger partial charge in [0.15, 0.2) is 5.13 Å². The van der Waals surface area contributed by atoms with Crippen molar-refractivity contribution in [3.05, 3.63) is 59.4 Å². The summed E-state index contributed by atoms with van der Waals surface area (Å²) in [6, 6.07) is 10.2. The number of pyridine rings is 1. The van der Waals surface area contributed by atoms with E-state index in [0.717, 1.165) is 27.8 Å². The van der Waals surface area contributed by atoms with Gasteiger partial charge in [-0.05, 0) is 42.8 Å². The number of thiazole rings is 1. The molecule has 0 aliphatic rings. The molecule has 1 aromatic carbocycles. The van der Waals surface area contributed by atoms with Crippen molar-refractivity contribution in [3.63, 3.8) is 0 Å². The van der Waals surface area contributed by atoms with E-state index in [0.29, 0.717) is 0 Å². The van der Waals surface area contributed by atoms with Gasteiger partial charge < -0.3 is 5.32 Å². The highest BCUT2D eigenvalue weighted by Gasteiger charge is 2.05. The summed E-state index contributed by atoms with van der Waals surface area (Å²) in [5, 5.41) is 5.85. The second-order valence-electron chi connectivity index (χ2n) is 4.39. The number of benzene rings is 1. The minimum Gasteiger partial charge on any atom is -0.316 e. The summed E-state index contributed by atoms with van der Waals surface area (Å²) >= 11 is 1.49. The maximum absolute atomic E-state index is 12.9. The smallest absolute Gasteiger partial charge is 0.188 e. The van der Waals surface area contributed by atoms with Gasteiger partial charge in [-0.1, -0.05) is 6.07 Å². The second-order valence-corrected chi connectivity index (χ2v) is 5.25. The zero-order chi connectivity index (χ0) is 13.9. The van der Waals surface area contributed by atoms with E-state index in [1.807, 2.05) is 24.4 Å². The van der Waals surface area contributed by atoms with Crippen LogP contribution in [-0.2, 0) is 0 Å². The molecule has 0 atom stereocenters. The van der Waals surface area contributed by atoms with Crippen LogP contribution in [0.15, 0.2) is 48.0 Å². The first kappa shape index (κ1) is 12.7. The third kappa shape index (κ3) is 2.83. The number of aryl methyl sites for hydroxylation is 1. The Morgan fingerprint density at radius 1 is 1.10 bits per heavy atom. The van der Waals surface area contributed by atoms with Gasteiger partial charge >= 0.3 is 0 Å². The maximum atomic E-state index is 12.9. The van der Waals surface area contributed by atoms with E-state index in [1.165, 1.54) is 23.5 Å². The van der Waals surface area contributed by atoms with Crippen molar-refractivity contribution in [2.24, 2.45) is 0 Å². The number of nitrogens with one attached hydrogen (secondary N) is 1. The Kier molecular flexibility index (Phi) is 3.43. The summed E-state index contributed by atoms with van der Waals surface area (Å²) in [4.78, 5) is 8.75. The molecular weight excluding hydrogens is 273 g/mol. The molecular formula is C15H12FN3S. The van der Waals surface area contributed by atoms with Crippen LogP contribution in [0.3, 0.4) is 0 Å². The van der Waals surface area contributed by atoms with Gasteiger partial charge in [-0.25, -0.2) is 14.4 Å². The van der Waals surface area contributed by atoms with Gasteiger partial charge in [0.2, 0.25) is 0 Å². The predicted octanol–water partition coefficient (Wildman–Crippen LogP) is 4.40. The van der Waals surface area contributed by atoms with Crippen molar-refractivity contribution in [1.29, 1.82) is 0 Å².